The first-order chi connectivity index (χ1) is 9.91. The van der Waals surface area contributed by atoms with Crippen LogP contribution >= 0.6 is 11.6 Å². The van der Waals surface area contributed by atoms with E-state index in [9.17, 15) is 9.18 Å². The highest BCUT2D eigenvalue weighted by Gasteiger charge is 2.35. The van der Waals surface area contributed by atoms with Gasteiger partial charge in [0.1, 0.15) is 5.82 Å². The van der Waals surface area contributed by atoms with Crippen molar-refractivity contribution in [1.29, 1.82) is 0 Å². The molecule has 1 heterocycles. The average Bonchev–Trinajstić information content (AvgIpc) is 2.51. The number of carbonyl (C=O) groups is 1. The van der Waals surface area contributed by atoms with Gasteiger partial charge in [0.05, 0.1) is 6.04 Å². The number of hydrogen-bond donors (Lipinski definition) is 1. The summed E-state index contributed by atoms with van der Waals surface area (Å²) < 4.78 is 14.3. The molecule has 0 aliphatic carbocycles. The van der Waals surface area contributed by atoms with Crippen LogP contribution in [-0.2, 0) is 4.79 Å². The molecule has 1 saturated heterocycles. The van der Waals surface area contributed by atoms with Crippen LogP contribution in [0.1, 0.15) is 44.7 Å². The van der Waals surface area contributed by atoms with Crippen molar-refractivity contribution in [3.8, 4) is 0 Å². The van der Waals surface area contributed by atoms with Gasteiger partial charge in [-0.25, -0.2) is 4.39 Å². The van der Waals surface area contributed by atoms with Gasteiger partial charge in [-0.15, -0.1) is 0 Å². The van der Waals surface area contributed by atoms with Crippen LogP contribution in [0.15, 0.2) is 18.2 Å². The van der Waals surface area contributed by atoms with E-state index < -0.39 is 11.9 Å². The van der Waals surface area contributed by atoms with Gasteiger partial charge in [-0.05, 0) is 30.9 Å². The van der Waals surface area contributed by atoms with E-state index in [-0.39, 0.29) is 17.9 Å². The van der Waals surface area contributed by atoms with Crippen LogP contribution in [0.5, 0.6) is 0 Å². The lowest BCUT2D eigenvalue weighted by atomic mass is 9.95. The van der Waals surface area contributed by atoms with Crippen LogP contribution in [0.2, 0.25) is 5.02 Å². The van der Waals surface area contributed by atoms with Gasteiger partial charge in [-0.1, -0.05) is 31.5 Å². The molecular weight excluding hydrogens is 291 g/mol. The third kappa shape index (κ3) is 3.55. The molecule has 0 aromatic heterocycles. The van der Waals surface area contributed by atoms with Crippen molar-refractivity contribution < 1.29 is 9.18 Å². The predicted octanol–water partition coefficient (Wildman–Crippen LogP) is 3.52. The van der Waals surface area contributed by atoms with E-state index in [1.54, 1.807) is 17.0 Å². The fourth-order valence-electron chi connectivity index (χ4n) is 2.95. The van der Waals surface area contributed by atoms with Crippen molar-refractivity contribution in [3.63, 3.8) is 0 Å². The Hall–Kier alpha value is -1.13. The number of amides is 1. The highest BCUT2D eigenvalue weighted by molar-refractivity contribution is 6.31. The Morgan fingerprint density at radius 3 is 2.81 bits per heavy atom. The second-order valence-electron chi connectivity index (χ2n) is 6.08. The second-order valence-corrected chi connectivity index (χ2v) is 6.48. The lowest BCUT2D eigenvalue weighted by molar-refractivity contribution is -0.133. The highest BCUT2D eigenvalue weighted by atomic mass is 35.5. The van der Waals surface area contributed by atoms with Crippen molar-refractivity contribution in [2.75, 3.05) is 6.54 Å². The first-order valence-electron chi connectivity index (χ1n) is 7.40. The molecule has 0 spiro atoms. The monoisotopic (exact) mass is 312 g/mol. The Morgan fingerprint density at radius 2 is 2.19 bits per heavy atom. The molecule has 0 saturated carbocycles. The number of rotatable bonds is 3. The van der Waals surface area contributed by atoms with E-state index in [0.29, 0.717) is 30.0 Å². The summed E-state index contributed by atoms with van der Waals surface area (Å²) in [6.45, 7) is 4.62. The molecule has 1 aliphatic rings. The lowest BCUT2D eigenvalue weighted by Crippen LogP contribution is -2.44. The maximum atomic E-state index is 14.3. The van der Waals surface area contributed by atoms with E-state index in [2.05, 4.69) is 0 Å². The third-order valence-electron chi connectivity index (χ3n) is 3.85. The van der Waals surface area contributed by atoms with E-state index in [1.165, 1.54) is 6.07 Å². The quantitative estimate of drug-likeness (QED) is 0.928. The maximum absolute atomic E-state index is 14.3. The molecule has 1 aromatic rings. The Labute approximate surface area is 130 Å². The molecule has 2 unspecified atom stereocenters. The molecule has 1 aliphatic heterocycles. The number of likely N-dealkylation sites (tertiary alicyclic amines) is 1. The van der Waals surface area contributed by atoms with Crippen LogP contribution in [0.3, 0.4) is 0 Å². The molecule has 1 amide bonds. The zero-order valence-electron chi connectivity index (χ0n) is 12.5. The number of carbonyl (C=O) groups excluding carboxylic acids is 1. The van der Waals surface area contributed by atoms with Crippen molar-refractivity contribution in [3.05, 3.63) is 34.6 Å². The van der Waals surface area contributed by atoms with Crippen molar-refractivity contribution in [2.45, 2.75) is 45.2 Å². The molecule has 3 nitrogen and oxygen atoms in total. The standard InChI is InChI=1S/C16H22ClFN2O/c1-10(2)9-20-14(21)8-4-7-13(19)16(20)15-11(17)5-3-6-12(15)18/h3,5-6,10,13,16H,4,7-9,19H2,1-2H3. The minimum absolute atomic E-state index is 0.0287. The van der Waals surface area contributed by atoms with Gasteiger partial charge >= 0.3 is 0 Å². The first kappa shape index (κ1) is 16.2. The molecule has 21 heavy (non-hydrogen) atoms. The molecule has 0 bridgehead atoms. The van der Waals surface area contributed by atoms with E-state index in [1.807, 2.05) is 13.8 Å². The predicted molar refractivity (Wildman–Crippen MR) is 82.5 cm³/mol. The average molecular weight is 313 g/mol. The number of hydrogen-bond acceptors (Lipinski definition) is 2. The van der Waals surface area contributed by atoms with Gasteiger partial charge < -0.3 is 10.6 Å². The van der Waals surface area contributed by atoms with Gasteiger partial charge in [-0.3, -0.25) is 4.79 Å². The maximum Gasteiger partial charge on any atom is 0.223 e. The van der Waals surface area contributed by atoms with Gasteiger partial charge in [0, 0.05) is 29.6 Å². The number of halogens is 2. The molecule has 116 valence electrons. The molecule has 0 radical (unpaired) electrons. The van der Waals surface area contributed by atoms with Gasteiger partial charge in [0.25, 0.3) is 0 Å². The second kappa shape index (κ2) is 6.75. The fourth-order valence-corrected chi connectivity index (χ4v) is 3.22. The fraction of sp³-hybridized carbons (Fsp3) is 0.562. The summed E-state index contributed by atoms with van der Waals surface area (Å²) in [5.41, 5.74) is 6.61. The zero-order chi connectivity index (χ0) is 15.6. The summed E-state index contributed by atoms with van der Waals surface area (Å²) in [6, 6.07) is 3.80. The Morgan fingerprint density at radius 1 is 1.48 bits per heavy atom. The summed E-state index contributed by atoms with van der Waals surface area (Å²) in [7, 11) is 0. The first-order valence-corrected chi connectivity index (χ1v) is 7.78. The van der Waals surface area contributed by atoms with Crippen LogP contribution in [0, 0.1) is 11.7 Å². The molecule has 2 atom stereocenters. The number of nitrogens with two attached hydrogens (primary N) is 1. The topological polar surface area (TPSA) is 46.3 Å². The largest absolute Gasteiger partial charge is 0.334 e. The molecule has 5 heteroatoms. The summed E-state index contributed by atoms with van der Waals surface area (Å²) in [5, 5.41) is 0.332. The van der Waals surface area contributed by atoms with Gasteiger partial charge in [-0.2, -0.15) is 0 Å². The van der Waals surface area contributed by atoms with Crippen molar-refractivity contribution in [1.82, 2.24) is 4.90 Å². The molecule has 1 aromatic carbocycles. The smallest absolute Gasteiger partial charge is 0.223 e. The van der Waals surface area contributed by atoms with Gasteiger partial charge in [0.15, 0.2) is 0 Å². The van der Waals surface area contributed by atoms with Crippen molar-refractivity contribution >= 4 is 17.5 Å². The van der Waals surface area contributed by atoms with Crippen LogP contribution in [0.4, 0.5) is 4.39 Å². The van der Waals surface area contributed by atoms with Crippen LogP contribution in [0.25, 0.3) is 0 Å². The Kier molecular flexibility index (Phi) is 5.22. The summed E-state index contributed by atoms with van der Waals surface area (Å²) in [4.78, 5) is 14.1. The minimum atomic E-state index is -0.490. The van der Waals surface area contributed by atoms with Crippen LogP contribution in [-0.4, -0.2) is 23.4 Å². The lowest BCUT2D eigenvalue weighted by Gasteiger charge is -2.35. The summed E-state index contributed by atoms with van der Waals surface area (Å²) in [5.74, 6) is -0.0836. The summed E-state index contributed by atoms with van der Waals surface area (Å²) >= 11 is 6.20. The normalized spacial score (nSPS) is 23.5. The number of benzene rings is 1. The van der Waals surface area contributed by atoms with Crippen molar-refractivity contribution in [2.24, 2.45) is 11.7 Å². The highest BCUT2D eigenvalue weighted by Crippen LogP contribution is 2.36. The Bertz CT molecular complexity index is 501. The van der Waals surface area contributed by atoms with E-state index in [4.69, 9.17) is 17.3 Å². The minimum Gasteiger partial charge on any atom is -0.334 e. The van der Waals surface area contributed by atoms with E-state index in [0.717, 1.165) is 6.42 Å². The SMILES string of the molecule is CC(C)CN1C(=O)CCCC(N)C1c1c(F)cccc1Cl. The number of nitrogens with zero attached hydrogens (tertiary/aromatic N) is 1. The van der Waals surface area contributed by atoms with Gasteiger partial charge in [0.2, 0.25) is 5.91 Å². The molecular formula is C16H22ClFN2O. The molecule has 2 N–H and O–H groups in total. The third-order valence-corrected chi connectivity index (χ3v) is 4.18. The zero-order valence-corrected chi connectivity index (χ0v) is 13.2. The summed E-state index contributed by atoms with van der Waals surface area (Å²) in [6.07, 6.45) is 1.88. The molecule has 1 fully saturated rings. The van der Waals surface area contributed by atoms with E-state index >= 15 is 0 Å². The Balaban J connectivity index is 2.49. The van der Waals surface area contributed by atoms with Crippen LogP contribution < -0.4 is 5.73 Å². The molecule has 2 rings (SSSR count).